The molecule has 3 rings (SSSR count). The van der Waals surface area contributed by atoms with E-state index in [1.54, 1.807) is 42.9 Å². The summed E-state index contributed by atoms with van der Waals surface area (Å²) in [6, 6.07) is 8.91. The Kier molecular flexibility index (Phi) is 3.93. The second-order valence-corrected chi connectivity index (χ2v) is 5.28. The van der Waals surface area contributed by atoms with Gasteiger partial charge in [-0.15, -0.1) is 0 Å². The van der Waals surface area contributed by atoms with Crippen molar-refractivity contribution in [2.75, 3.05) is 5.32 Å². The zero-order valence-electron chi connectivity index (χ0n) is 13.4. The molecule has 2 N–H and O–H groups in total. The van der Waals surface area contributed by atoms with Crippen molar-refractivity contribution in [2.45, 2.75) is 6.92 Å². The number of nitro groups is 1. The molecule has 0 bridgehead atoms. The number of anilines is 1. The lowest BCUT2D eigenvalue weighted by Gasteiger charge is -2.07. The number of H-pyrrole nitrogens is 1. The fourth-order valence-electron chi connectivity index (χ4n) is 2.47. The van der Waals surface area contributed by atoms with Crippen LogP contribution in [-0.2, 0) is 7.05 Å². The van der Waals surface area contributed by atoms with Crippen LogP contribution in [0.1, 0.15) is 16.2 Å². The molecule has 128 valence electrons. The van der Waals surface area contributed by atoms with Gasteiger partial charge in [-0.2, -0.15) is 5.10 Å². The number of nitrogens with zero attached hydrogens (tertiary/aromatic N) is 4. The monoisotopic (exact) mass is 342 g/mol. The molecule has 0 radical (unpaired) electrons. The first-order valence-electron chi connectivity index (χ1n) is 7.25. The van der Waals surface area contributed by atoms with Gasteiger partial charge in [0.05, 0.1) is 16.3 Å². The lowest BCUT2D eigenvalue weighted by atomic mass is 10.3. The summed E-state index contributed by atoms with van der Waals surface area (Å²) < 4.78 is 2.99. The van der Waals surface area contributed by atoms with Gasteiger partial charge in [0, 0.05) is 7.05 Å². The molecular formula is C15H14N6O4. The summed E-state index contributed by atoms with van der Waals surface area (Å²) in [5, 5.41) is 19.1. The maximum atomic E-state index is 12.7. The van der Waals surface area contributed by atoms with Crippen molar-refractivity contribution in [3.8, 4) is 5.69 Å². The highest BCUT2D eigenvalue weighted by atomic mass is 16.6. The fraction of sp³-hybridized carbons (Fsp3) is 0.133. The Morgan fingerprint density at radius 2 is 2.00 bits per heavy atom. The minimum Gasteiger partial charge on any atom is -0.314 e. The number of carbonyl (C=O) groups is 1. The van der Waals surface area contributed by atoms with Crippen molar-refractivity contribution < 1.29 is 9.72 Å². The van der Waals surface area contributed by atoms with Gasteiger partial charge in [0.2, 0.25) is 5.69 Å². The molecule has 0 fully saturated rings. The van der Waals surface area contributed by atoms with E-state index in [-0.39, 0.29) is 11.4 Å². The zero-order valence-corrected chi connectivity index (χ0v) is 13.4. The molecule has 2 aromatic heterocycles. The third-order valence-corrected chi connectivity index (χ3v) is 3.84. The molecule has 0 aliphatic rings. The average molecular weight is 342 g/mol. The summed E-state index contributed by atoms with van der Waals surface area (Å²) in [5.41, 5.74) is -0.0501. The zero-order chi connectivity index (χ0) is 18.1. The van der Waals surface area contributed by atoms with Crippen LogP contribution >= 0.6 is 0 Å². The van der Waals surface area contributed by atoms with Gasteiger partial charge < -0.3 is 5.32 Å². The lowest BCUT2D eigenvalue weighted by molar-refractivity contribution is -0.385. The van der Waals surface area contributed by atoms with E-state index < -0.39 is 22.1 Å². The minimum atomic E-state index is -0.810. The van der Waals surface area contributed by atoms with Crippen LogP contribution in [0.2, 0.25) is 0 Å². The number of carbonyl (C=O) groups excluding carboxylic acids is 1. The molecule has 0 aliphatic carbocycles. The molecule has 10 heteroatoms. The number of hydrogen-bond acceptors (Lipinski definition) is 5. The lowest BCUT2D eigenvalue weighted by Crippen LogP contribution is -2.23. The van der Waals surface area contributed by atoms with Gasteiger partial charge in [-0.3, -0.25) is 29.5 Å². The molecule has 0 unspecified atom stereocenters. The van der Waals surface area contributed by atoms with E-state index in [1.165, 1.54) is 4.68 Å². The summed E-state index contributed by atoms with van der Waals surface area (Å²) in [5.74, 6) is -0.810. The summed E-state index contributed by atoms with van der Waals surface area (Å²) in [7, 11) is 1.68. The SMILES string of the molecule is Cc1c(NC(=O)c2[nH]ncc2[N+](=O)[O-])c(=O)n(-c2ccccc2)n1C. The maximum Gasteiger partial charge on any atom is 0.319 e. The van der Waals surface area contributed by atoms with E-state index in [9.17, 15) is 19.7 Å². The van der Waals surface area contributed by atoms with Gasteiger partial charge in [-0.05, 0) is 19.1 Å². The Balaban J connectivity index is 2.02. The number of aromatic amines is 1. The molecule has 1 amide bonds. The first-order chi connectivity index (χ1) is 11.9. The Bertz CT molecular complexity index is 1010. The largest absolute Gasteiger partial charge is 0.319 e. The maximum absolute atomic E-state index is 12.7. The normalized spacial score (nSPS) is 10.6. The molecule has 3 aromatic rings. The van der Waals surface area contributed by atoms with Gasteiger partial charge in [0.25, 0.3) is 11.5 Å². The number of benzene rings is 1. The van der Waals surface area contributed by atoms with Crippen LogP contribution in [-0.4, -0.2) is 30.4 Å². The van der Waals surface area contributed by atoms with Crippen LogP contribution in [0.5, 0.6) is 0 Å². The van der Waals surface area contributed by atoms with Gasteiger partial charge in [0.15, 0.2) is 0 Å². The fourth-order valence-corrected chi connectivity index (χ4v) is 2.47. The molecule has 1 aromatic carbocycles. The highest BCUT2D eigenvalue weighted by Gasteiger charge is 2.25. The van der Waals surface area contributed by atoms with E-state index in [0.29, 0.717) is 11.4 Å². The van der Waals surface area contributed by atoms with Crippen LogP contribution in [0.25, 0.3) is 5.69 Å². The molecule has 10 nitrogen and oxygen atoms in total. The van der Waals surface area contributed by atoms with Crippen molar-refractivity contribution in [1.82, 2.24) is 19.6 Å². The van der Waals surface area contributed by atoms with E-state index >= 15 is 0 Å². The predicted octanol–water partition coefficient (Wildman–Crippen LogP) is 1.37. The van der Waals surface area contributed by atoms with Crippen molar-refractivity contribution >= 4 is 17.3 Å². The molecule has 2 heterocycles. The Hall–Kier alpha value is -3.69. The number of hydrogen-bond donors (Lipinski definition) is 2. The number of amides is 1. The Labute approximate surface area is 140 Å². The minimum absolute atomic E-state index is 0.0419. The number of nitrogens with one attached hydrogen (secondary N) is 2. The number of rotatable bonds is 4. The van der Waals surface area contributed by atoms with Crippen LogP contribution in [0.15, 0.2) is 41.3 Å². The summed E-state index contributed by atoms with van der Waals surface area (Å²) in [6.45, 7) is 1.66. The first kappa shape index (κ1) is 16.2. The van der Waals surface area contributed by atoms with Gasteiger partial charge in [0.1, 0.15) is 11.9 Å². The van der Waals surface area contributed by atoms with Gasteiger partial charge >= 0.3 is 5.69 Å². The molecule has 0 saturated heterocycles. The molecule has 0 aliphatic heterocycles. The standard InChI is InChI=1S/C15H14N6O4/c1-9-12(17-14(22)13-11(21(24)25)8-16-18-13)15(23)20(19(9)2)10-6-4-3-5-7-10/h3-8H,1-2H3,(H,16,18)(H,17,22). The topological polar surface area (TPSA) is 128 Å². The van der Waals surface area contributed by atoms with Gasteiger partial charge in [-0.25, -0.2) is 4.68 Å². The third kappa shape index (κ3) is 2.69. The summed E-state index contributed by atoms with van der Waals surface area (Å²) in [6.07, 6.45) is 0.940. The third-order valence-electron chi connectivity index (χ3n) is 3.84. The smallest absolute Gasteiger partial charge is 0.314 e. The summed E-state index contributed by atoms with van der Waals surface area (Å²) in [4.78, 5) is 35.2. The first-order valence-corrected chi connectivity index (χ1v) is 7.25. The number of para-hydroxylation sites is 1. The van der Waals surface area contributed by atoms with Crippen molar-refractivity contribution in [1.29, 1.82) is 0 Å². The molecular weight excluding hydrogens is 328 g/mol. The Morgan fingerprint density at radius 1 is 1.32 bits per heavy atom. The van der Waals surface area contributed by atoms with E-state index in [0.717, 1.165) is 6.20 Å². The van der Waals surface area contributed by atoms with Crippen molar-refractivity contribution in [2.24, 2.45) is 7.05 Å². The van der Waals surface area contributed by atoms with Crippen molar-refractivity contribution in [3.63, 3.8) is 0 Å². The highest BCUT2D eigenvalue weighted by molar-refractivity contribution is 6.05. The molecule has 0 spiro atoms. The van der Waals surface area contributed by atoms with E-state index in [2.05, 4.69) is 15.5 Å². The van der Waals surface area contributed by atoms with Crippen LogP contribution in [0.4, 0.5) is 11.4 Å². The van der Waals surface area contributed by atoms with Crippen LogP contribution in [0.3, 0.4) is 0 Å². The van der Waals surface area contributed by atoms with E-state index in [1.807, 2.05) is 6.07 Å². The average Bonchev–Trinajstić information content (AvgIpc) is 3.16. The predicted molar refractivity (Wildman–Crippen MR) is 88.9 cm³/mol. The van der Waals surface area contributed by atoms with Gasteiger partial charge in [-0.1, -0.05) is 18.2 Å². The highest BCUT2D eigenvalue weighted by Crippen LogP contribution is 2.18. The Morgan fingerprint density at radius 3 is 2.64 bits per heavy atom. The number of aromatic nitrogens is 4. The second-order valence-electron chi connectivity index (χ2n) is 5.28. The van der Waals surface area contributed by atoms with Crippen molar-refractivity contribution in [3.05, 3.63) is 68.4 Å². The molecule has 25 heavy (non-hydrogen) atoms. The quantitative estimate of drug-likeness (QED) is 0.546. The van der Waals surface area contributed by atoms with Crippen LogP contribution < -0.4 is 10.9 Å². The molecule has 0 saturated carbocycles. The molecule has 0 atom stereocenters. The second kappa shape index (κ2) is 6.07. The summed E-state index contributed by atoms with van der Waals surface area (Å²) >= 11 is 0. The van der Waals surface area contributed by atoms with E-state index in [4.69, 9.17) is 0 Å². The van der Waals surface area contributed by atoms with Crippen LogP contribution in [0, 0.1) is 17.0 Å².